The second kappa shape index (κ2) is 6.83. The maximum Gasteiger partial charge on any atom is 0.0331 e. The van der Waals surface area contributed by atoms with Crippen LogP contribution in [0, 0.1) is 0 Å². The first-order valence-electron chi connectivity index (χ1n) is 6.55. The number of benzene rings is 1. The molecule has 0 spiro atoms. The zero-order valence-electron chi connectivity index (χ0n) is 10.9. The number of nitrogens with zero attached hydrogens (tertiary/aromatic N) is 1. The molecule has 4 heteroatoms. The van der Waals surface area contributed by atoms with E-state index in [4.69, 9.17) is 5.73 Å². The fourth-order valence-corrected chi connectivity index (χ4v) is 4.16. The van der Waals surface area contributed by atoms with Crippen molar-refractivity contribution in [3.63, 3.8) is 0 Å². The second-order valence-corrected chi connectivity index (χ2v) is 6.95. The Balaban J connectivity index is 1.81. The Morgan fingerprint density at radius 3 is 3.00 bits per heavy atom. The monoisotopic (exact) mass is 328 g/mol. The van der Waals surface area contributed by atoms with Crippen LogP contribution in [-0.4, -0.2) is 30.3 Å². The van der Waals surface area contributed by atoms with E-state index in [0.717, 1.165) is 16.2 Å². The number of rotatable bonds is 4. The van der Waals surface area contributed by atoms with Crippen molar-refractivity contribution in [2.24, 2.45) is 0 Å². The lowest BCUT2D eigenvalue weighted by Crippen LogP contribution is -2.36. The molecular formula is C14H21BrN2S. The van der Waals surface area contributed by atoms with Crippen molar-refractivity contribution in [3.8, 4) is 0 Å². The summed E-state index contributed by atoms with van der Waals surface area (Å²) < 4.78 is 1.12. The summed E-state index contributed by atoms with van der Waals surface area (Å²) in [6.45, 7) is 1.26. The van der Waals surface area contributed by atoms with Crippen LogP contribution in [0.5, 0.6) is 0 Å². The lowest BCUT2D eigenvalue weighted by atomic mass is 10.0. The number of hydrogen-bond donors (Lipinski definition) is 1. The lowest BCUT2D eigenvalue weighted by Gasteiger charge is -2.32. The van der Waals surface area contributed by atoms with Crippen LogP contribution in [0.4, 0.5) is 5.69 Å². The summed E-state index contributed by atoms with van der Waals surface area (Å²) in [7, 11) is 2.26. The molecule has 1 heterocycles. The molecule has 0 radical (unpaired) electrons. The van der Waals surface area contributed by atoms with E-state index in [9.17, 15) is 0 Å². The summed E-state index contributed by atoms with van der Waals surface area (Å²) in [6.07, 6.45) is 5.40. The molecule has 1 aromatic carbocycles. The predicted octanol–water partition coefficient (Wildman–Crippen LogP) is 4.00. The molecule has 0 aromatic heterocycles. The molecule has 2 rings (SSSR count). The van der Waals surface area contributed by atoms with Crippen molar-refractivity contribution in [1.82, 2.24) is 4.90 Å². The van der Waals surface area contributed by atoms with Crippen LogP contribution in [0.2, 0.25) is 0 Å². The van der Waals surface area contributed by atoms with Crippen molar-refractivity contribution < 1.29 is 0 Å². The number of thioether (sulfide) groups is 1. The zero-order chi connectivity index (χ0) is 13.0. The van der Waals surface area contributed by atoms with Gasteiger partial charge in [-0.2, -0.15) is 0 Å². The van der Waals surface area contributed by atoms with Gasteiger partial charge >= 0.3 is 0 Å². The van der Waals surface area contributed by atoms with Crippen molar-refractivity contribution in [3.05, 3.63) is 22.7 Å². The third-order valence-corrected chi connectivity index (χ3v) is 5.61. The Morgan fingerprint density at radius 1 is 1.44 bits per heavy atom. The molecule has 0 amide bonds. The highest BCUT2D eigenvalue weighted by Crippen LogP contribution is 2.30. The normalized spacial score (nSPS) is 21.1. The Morgan fingerprint density at radius 2 is 2.28 bits per heavy atom. The van der Waals surface area contributed by atoms with Crippen LogP contribution in [0.3, 0.4) is 0 Å². The second-order valence-electron chi connectivity index (χ2n) is 4.96. The first-order valence-corrected chi connectivity index (χ1v) is 8.33. The van der Waals surface area contributed by atoms with Gasteiger partial charge in [-0.05, 0) is 72.7 Å². The fraction of sp³-hybridized carbons (Fsp3) is 0.571. The molecular weight excluding hydrogens is 308 g/mol. The van der Waals surface area contributed by atoms with Gasteiger partial charge in [0.15, 0.2) is 0 Å². The molecule has 2 nitrogen and oxygen atoms in total. The van der Waals surface area contributed by atoms with Crippen LogP contribution in [0.1, 0.15) is 25.7 Å². The van der Waals surface area contributed by atoms with Gasteiger partial charge < -0.3 is 10.6 Å². The largest absolute Gasteiger partial charge is 0.399 e. The highest BCUT2D eigenvalue weighted by atomic mass is 79.9. The van der Waals surface area contributed by atoms with Gasteiger partial charge in [0.25, 0.3) is 0 Å². The lowest BCUT2D eigenvalue weighted by molar-refractivity contribution is 0.182. The molecule has 1 unspecified atom stereocenters. The van der Waals surface area contributed by atoms with Crippen LogP contribution in [-0.2, 0) is 0 Å². The van der Waals surface area contributed by atoms with E-state index in [1.54, 1.807) is 0 Å². The number of hydrogen-bond acceptors (Lipinski definition) is 3. The van der Waals surface area contributed by atoms with Gasteiger partial charge in [0.05, 0.1) is 0 Å². The van der Waals surface area contributed by atoms with Crippen LogP contribution >= 0.6 is 27.7 Å². The van der Waals surface area contributed by atoms with Gasteiger partial charge in [-0.1, -0.05) is 6.42 Å². The van der Waals surface area contributed by atoms with Crippen molar-refractivity contribution in [2.75, 3.05) is 25.1 Å². The van der Waals surface area contributed by atoms with Crippen LogP contribution < -0.4 is 5.73 Å². The topological polar surface area (TPSA) is 29.3 Å². The van der Waals surface area contributed by atoms with E-state index in [1.165, 1.54) is 42.9 Å². The van der Waals surface area contributed by atoms with Gasteiger partial charge in [-0.25, -0.2) is 0 Å². The summed E-state index contributed by atoms with van der Waals surface area (Å²) in [5.41, 5.74) is 6.56. The van der Waals surface area contributed by atoms with Crippen LogP contribution in [0.25, 0.3) is 0 Å². The first kappa shape index (κ1) is 14.2. The summed E-state index contributed by atoms with van der Waals surface area (Å²) in [5.74, 6) is 1.18. The minimum absolute atomic E-state index is 0.777. The van der Waals surface area contributed by atoms with Gasteiger partial charge in [-0.3, -0.25) is 0 Å². The van der Waals surface area contributed by atoms with E-state index in [2.05, 4.69) is 33.9 Å². The quantitative estimate of drug-likeness (QED) is 0.669. The maximum absolute atomic E-state index is 5.75. The highest BCUT2D eigenvalue weighted by Gasteiger charge is 2.18. The maximum atomic E-state index is 5.75. The molecule has 1 atom stereocenters. The average molecular weight is 329 g/mol. The Labute approximate surface area is 122 Å². The van der Waals surface area contributed by atoms with Gasteiger partial charge in [0, 0.05) is 21.1 Å². The minimum Gasteiger partial charge on any atom is -0.399 e. The Kier molecular flexibility index (Phi) is 5.39. The number of piperidine rings is 1. The summed E-state index contributed by atoms with van der Waals surface area (Å²) >= 11 is 5.50. The molecule has 100 valence electrons. The molecule has 1 saturated heterocycles. The number of halogens is 1. The van der Waals surface area contributed by atoms with Crippen molar-refractivity contribution in [1.29, 1.82) is 0 Å². The zero-order valence-corrected chi connectivity index (χ0v) is 13.3. The summed E-state index contributed by atoms with van der Waals surface area (Å²) in [6, 6.07) is 6.84. The van der Waals surface area contributed by atoms with Gasteiger partial charge in [0.2, 0.25) is 0 Å². The predicted molar refractivity (Wildman–Crippen MR) is 84.2 cm³/mol. The van der Waals surface area contributed by atoms with Crippen molar-refractivity contribution >= 4 is 33.4 Å². The SMILES string of the molecule is CN1CCCCC1CCSc1ccc(N)cc1Br. The van der Waals surface area contributed by atoms with E-state index < -0.39 is 0 Å². The number of nitrogen functional groups attached to an aromatic ring is 1. The first-order chi connectivity index (χ1) is 8.66. The third-order valence-electron chi connectivity index (χ3n) is 3.59. The average Bonchev–Trinajstić information content (AvgIpc) is 2.34. The Bertz CT molecular complexity index is 397. The van der Waals surface area contributed by atoms with E-state index in [1.807, 2.05) is 23.9 Å². The molecule has 2 N–H and O–H groups in total. The molecule has 0 saturated carbocycles. The van der Waals surface area contributed by atoms with Crippen molar-refractivity contribution in [2.45, 2.75) is 36.6 Å². The molecule has 1 aliphatic heterocycles. The molecule has 1 aliphatic rings. The molecule has 1 aromatic rings. The number of nitrogens with two attached hydrogens (primary N) is 1. The van der Waals surface area contributed by atoms with Crippen LogP contribution in [0.15, 0.2) is 27.6 Å². The third kappa shape index (κ3) is 3.90. The molecule has 1 fully saturated rings. The Hall–Kier alpha value is -0.190. The molecule has 0 bridgehead atoms. The minimum atomic E-state index is 0.777. The van der Waals surface area contributed by atoms with E-state index in [0.29, 0.717) is 0 Å². The standard InChI is InChI=1S/C14H21BrN2S/c1-17-8-3-2-4-12(17)7-9-18-14-6-5-11(16)10-13(14)15/h5-6,10,12H,2-4,7-9,16H2,1H3. The highest BCUT2D eigenvalue weighted by molar-refractivity contribution is 9.10. The number of likely N-dealkylation sites (tertiary alicyclic amines) is 1. The molecule has 0 aliphatic carbocycles. The van der Waals surface area contributed by atoms with Gasteiger partial charge in [0.1, 0.15) is 0 Å². The fourth-order valence-electron chi connectivity index (χ4n) is 2.45. The summed E-state index contributed by atoms with van der Waals surface area (Å²) in [4.78, 5) is 3.81. The van der Waals surface area contributed by atoms with Gasteiger partial charge in [-0.15, -0.1) is 11.8 Å². The number of anilines is 1. The van der Waals surface area contributed by atoms with E-state index >= 15 is 0 Å². The molecule has 18 heavy (non-hydrogen) atoms. The van der Waals surface area contributed by atoms with E-state index in [-0.39, 0.29) is 0 Å². The smallest absolute Gasteiger partial charge is 0.0331 e. The summed E-state index contributed by atoms with van der Waals surface area (Å²) in [5, 5.41) is 0.